The van der Waals surface area contributed by atoms with Crippen molar-refractivity contribution in [3.63, 3.8) is 0 Å². The third-order valence-corrected chi connectivity index (χ3v) is 4.91. The van der Waals surface area contributed by atoms with Crippen molar-refractivity contribution < 1.29 is 19.4 Å². The number of Topliss-reactive ketones (excluding diaryl/α,β-unsaturated/α-hetero) is 1. The van der Waals surface area contributed by atoms with Crippen molar-refractivity contribution in [3.8, 4) is 11.1 Å². The maximum Gasteiger partial charge on any atom is 0.310 e. The Balaban J connectivity index is 2.34. The number of carbonyl (C=O) groups excluding carboxylic acids is 2. The molecule has 0 fully saturated rings. The highest BCUT2D eigenvalue weighted by Crippen LogP contribution is 2.37. The molecule has 6 nitrogen and oxygen atoms in total. The molecule has 2 aromatic heterocycles. The summed E-state index contributed by atoms with van der Waals surface area (Å²) in [4.78, 5) is 34.1. The van der Waals surface area contributed by atoms with Crippen molar-refractivity contribution in [2.45, 2.75) is 39.5 Å². The minimum Gasteiger partial charge on any atom is -0.506 e. The van der Waals surface area contributed by atoms with E-state index < -0.39 is 5.97 Å². The van der Waals surface area contributed by atoms with Gasteiger partial charge in [0, 0.05) is 41.1 Å². The van der Waals surface area contributed by atoms with Crippen LogP contribution in [0.3, 0.4) is 0 Å². The van der Waals surface area contributed by atoms with Gasteiger partial charge in [-0.05, 0) is 31.7 Å². The molecule has 0 amide bonds. The summed E-state index contributed by atoms with van der Waals surface area (Å²) < 4.78 is 5.11. The van der Waals surface area contributed by atoms with Crippen LogP contribution in [0.1, 0.15) is 54.0 Å². The van der Waals surface area contributed by atoms with E-state index in [4.69, 9.17) is 4.74 Å². The summed E-state index contributed by atoms with van der Waals surface area (Å²) in [5.41, 5.74) is 3.11. The lowest BCUT2D eigenvalue weighted by Crippen LogP contribution is -2.16. The van der Waals surface area contributed by atoms with E-state index in [1.165, 1.54) is 0 Å². The predicted octanol–water partition coefficient (Wildman–Crippen LogP) is 3.93. The van der Waals surface area contributed by atoms with Crippen LogP contribution in [0.4, 0.5) is 0 Å². The maximum atomic E-state index is 13.0. The number of ether oxygens (including phenoxy) is 1. The first-order chi connectivity index (χ1) is 13.4. The summed E-state index contributed by atoms with van der Waals surface area (Å²) in [6, 6.07) is 3.61. The summed E-state index contributed by atoms with van der Waals surface area (Å²) in [6.07, 6.45) is 4.98. The number of hydrogen-bond donors (Lipinski definition) is 1. The normalized spacial score (nSPS) is 16.2. The third-order valence-electron chi connectivity index (χ3n) is 4.91. The lowest BCUT2D eigenvalue weighted by atomic mass is 9.88. The Bertz CT molecular complexity index is 922. The second-order valence-corrected chi connectivity index (χ2v) is 7.08. The number of esters is 1. The second-order valence-electron chi connectivity index (χ2n) is 7.08. The van der Waals surface area contributed by atoms with Gasteiger partial charge in [-0.1, -0.05) is 19.6 Å². The van der Waals surface area contributed by atoms with E-state index in [-0.39, 0.29) is 36.2 Å². The van der Waals surface area contributed by atoms with Gasteiger partial charge in [0.15, 0.2) is 5.78 Å². The Morgan fingerprint density at radius 3 is 2.82 bits per heavy atom. The Morgan fingerprint density at radius 1 is 1.39 bits per heavy atom. The number of ketones is 1. The molecule has 0 aliphatic heterocycles. The van der Waals surface area contributed by atoms with Gasteiger partial charge in [0.2, 0.25) is 0 Å². The van der Waals surface area contributed by atoms with Crippen molar-refractivity contribution in [1.82, 2.24) is 9.97 Å². The van der Waals surface area contributed by atoms with Crippen LogP contribution in [0, 0.1) is 5.92 Å². The number of aromatic nitrogens is 2. The van der Waals surface area contributed by atoms with Crippen molar-refractivity contribution in [3.05, 3.63) is 53.6 Å². The van der Waals surface area contributed by atoms with Gasteiger partial charge in [-0.25, -0.2) is 4.98 Å². The molecular formula is C22H24N2O4. The largest absolute Gasteiger partial charge is 0.506 e. The van der Waals surface area contributed by atoms with Crippen LogP contribution < -0.4 is 0 Å². The number of carbonyl (C=O) groups is 2. The highest BCUT2D eigenvalue weighted by molar-refractivity contribution is 6.05. The van der Waals surface area contributed by atoms with E-state index in [0.717, 1.165) is 6.42 Å². The molecule has 1 atom stereocenters. The molecule has 2 heterocycles. The highest BCUT2D eigenvalue weighted by atomic mass is 16.5. The van der Waals surface area contributed by atoms with Crippen LogP contribution >= 0.6 is 0 Å². The Kier molecular flexibility index (Phi) is 5.87. The minimum atomic E-state index is -0.452. The fraction of sp³-hybridized carbons (Fsp3) is 0.364. The molecule has 0 saturated carbocycles. The SMILES string of the molecule is C=C(O)c1nc2c(c(-c3cccnc3)c1CC(=O)OCC)C(=O)CCC(C)C2. The molecule has 28 heavy (non-hydrogen) atoms. The number of aliphatic hydroxyl groups is 1. The molecule has 1 aliphatic rings. The molecule has 3 rings (SSSR count). The van der Waals surface area contributed by atoms with Gasteiger partial charge < -0.3 is 9.84 Å². The van der Waals surface area contributed by atoms with Gasteiger partial charge in [-0.15, -0.1) is 0 Å². The number of rotatable bonds is 5. The molecule has 0 spiro atoms. The fourth-order valence-electron chi connectivity index (χ4n) is 3.65. The molecule has 6 heteroatoms. The molecule has 0 radical (unpaired) electrons. The van der Waals surface area contributed by atoms with Crippen molar-refractivity contribution in [1.29, 1.82) is 0 Å². The number of hydrogen-bond acceptors (Lipinski definition) is 6. The van der Waals surface area contributed by atoms with Gasteiger partial charge in [-0.3, -0.25) is 14.6 Å². The van der Waals surface area contributed by atoms with Gasteiger partial charge in [0.1, 0.15) is 11.5 Å². The number of fused-ring (bicyclic) bond motifs is 1. The molecule has 1 unspecified atom stereocenters. The maximum absolute atomic E-state index is 13.0. The zero-order chi connectivity index (χ0) is 20.3. The van der Waals surface area contributed by atoms with E-state index in [2.05, 4.69) is 23.5 Å². The average molecular weight is 380 g/mol. The average Bonchev–Trinajstić information content (AvgIpc) is 2.80. The zero-order valence-corrected chi connectivity index (χ0v) is 16.2. The second kappa shape index (κ2) is 8.33. The molecule has 0 saturated heterocycles. The first-order valence-electron chi connectivity index (χ1n) is 9.45. The lowest BCUT2D eigenvalue weighted by Gasteiger charge is -2.20. The summed E-state index contributed by atoms with van der Waals surface area (Å²) in [5, 5.41) is 10.2. The minimum absolute atomic E-state index is 0.00841. The number of pyridine rings is 2. The Labute approximate surface area is 164 Å². The lowest BCUT2D eigenvalue weighted by molar-refractivity contribution is -0.142. The van der Waals surface area contributed by atoms with Gasteiger partial charge in [-0.2, -0.15) is 0 Å². The fourth-order valence-corrected chi connectivity index (χ4v) is 3.65. The number of nitrogens with zero attached hydrogens (tertiary/aromatic N) is 2. The van der Waals surface area contributed by atoms with Gasteiger partial charge >= 0.3 is 5.97 Å². The molecule has 1 aliphatic carbocycles. The smallest absolute Gasteiger partial charge is 0.310 e. The van der Waals surface area contributed by atoms with E-state index in [0.29, 0.717) is 40.8 Å². The van der Waals surface area contributed by atoms with Gasteiger partial charge in [0.25, 0.3) is 0 Å². The topological polar surface area (TPSA) is 89.4 Å². The van der Waals surface area contributed by atoms with E-state index >= 15 is 0 Å². The molecule has 1 N–H and O–H groups in total. The van der Waals surface area contributed by atoms with Crippen LogP contribution in [-0.2, 0) is 22.4 Å². The van der Waals surface area contributed by atoms with Gasteiger partial charge in [0.05, 0.1) is 18.7 Å². The van der Waals surface area contributed by atoms with Crippen molar-refractivity contribution >= 4 is 17.5 Å². The molecular weight excluding hydrogens is 356 g/mol. The Hall–Kier alpha value is -3.02. The van der Waals surface area contributed by atoms with Crippen molar-refractivity contribution in [2.24, 2.45) is 5.92 Å². The number of aliphatic hydroxyl groups excluding tert-OH is 1. The van der Waals surface area contributed by atoms with E-state index in [9.17, 15) is 14.7 Å². The first kappa shape index (κ1) is 19.7. The molecule has 0 aromatic carbocycles. The summed E-state index contributed by atoms with van der Waals surface area (Å²) >= 11 is 0. The van der Waals surface area contributed by atoms with E-state index in [1.54, 1.807) is 25.4 Å². The quantitative estimate of drug-likeness (QED) is 0.480. The monoisotopic (exact) mass is 380 g/mol. The summed E-state index contributed by atoms with van der Waals surface area (Å²) in [6.45, 7) is 7.67. The van der Waals surface area contributed by atoms with Crippen LogP contribution in [0.5, 0.6) is 0 Å². The zero-order valence-electron chi connectivity index (χ0n) is 16.2. The molecule has 0 bridgehead atoms. The van der Waals surface area contributed by atoms with Crippen LogP contribution in [0.2, 0.25) is 0 Å². The van der Waals surface area contributed by atoms with E-state index in [1.807, 2.05) is 6.07 Å². The molecule has 146 valence electrons. The third kappa shape index (κ3) is 3.96. The first-order valence-corrected chi connectivity index (χ1v) is 9.45. The predicted molar refractivity (Wildman–Crippen MR) is 106 cm³/mol. The summed E-state index contributed by atoms with van der Waals surface area (Å²) in [5.74, 6) is -0.413. The summed E-state index contributed by atoms with van der Waals surface area (Å²) in [7, 11) is 0. The van der Waals surface area contributed by atoms with Crippen LogP contribution in [-0.4, -0.2) is 33.4 Å². The highest BCUT2D eigenvalue weighted by Gasteiger charge is 2.30. The Morgan fingerprint density at radius 2 is 2.18 bits per heavy atom. The van der Waals surface area contributed by atoms with Crippen LogP contribution in [0.15, 0.2) is 31.1 Å². The molecule has 2 aromatic rings. The van der Waals surface area contributed by atoms with Crippen LogP contribution in [0.25, 0.3) is 16.9 Å². The standard InChI is InChI=1S/C22H24N2O4/c1-4-28-19(27)11-16-20(15-6-5-9-23-12-15)21-17(24-22(16)14(3)25)10-13(2)7-8-18(21)26/h5-6,9,12-13,25H,3-4,7-8,10-11H2,1-2H3. The van der Waals surface area contributed by atoms with Crippen molar-refractivity contribution in [2.75, 3.05) is 6.61 Å².